The van der Waals surface area contributed by atoms with Crippen molar-refractivity contribution >= 4 is 17.3 Å². The van der Waals surface area contributed by atoms with E-state index in [-0.39, 0.29) is 11.4 Å². The van der Waals surface area contributed by atoms with Gasteiger partial charge in [-0.15, -0.1) is 0 Å². The van der Waals surface area contributed by atoms with E-state index in [1.807, 2.05) is 39.1 Å². The fourth-order valence-corrected chi connectivity index (χ4v) is 1.91. The van der Waals surface area contributed by atoms with Gasteiger partial charge in [-0.05, 0) is 37.6 Å². The van der Waals surface area contributed by atoms with Crippen LogP contribution in [0.1, 0.15) is 19.4 Å². The lowest BCUT2D eigenvalue weighted by molar-refractivity contribution is -0.117. The molecular formula is C13H19N3O. The summed E-state index contributed by atoms with van der Waals surface area (Å²) in [5, 5.41) is 3.29. The minimum absolute atomic E-state index is 0.149. The van der Waals surface area contributed by atoms with Gasteiger partial charge in [0.2, 0.25) is 5.91 Å². The van der Waals surface area contributed by atoms with E-state index >= 15 is 0 Å². The molecule has 17 heavy (non-hydrogen) atoms. The molecular weight excluding hydrogens is 214 g/mol. The highest BCUT2D eigenvalue weighted by Crippen LogP contribution is 2.29. The summed E-state index contributed by atoms with van der Waals surface area (Å²) < 4.78 is 0. The first kappa shape index (κ1) is 11.9. The Hall–Kier alpha value is -1.55. The number of nitrogens with one attached hydrogen (secondary N) is 1. The summed E-state index contributed by atoms with van der Waals surface area (Å²) in [6, 6.07) is 5.99. The van der Waals surface area contributed by atoms with Crippen LogP contribution in [0.15, 0.2) is 18.2 Å². The van der Waals surface area contributed by atoms with Gasteiger partial charge in [0.25, 0.3) is 0 Å². The lowest BCUT2D eigenvalue weighted by Gasteiger charge is -2.20. The first-order chi connectivity index (χ1) is 7.87. The second kappa shape index (κ2) is 4.04. The molecule has 0 saturated heterocycles. The number of hydrogen-bond donors (Lipinski definition) is 2. The van der Waals surface area contributed by atoms with Crippen molar-refractivity contribution in [1.29, 1.82) is 0 Å². The third-order valence-corrected chi connectivity index (χ3v) is 2.90. The summed E-state index contributed by atoms with van der Waals surface area (Å²) in [4.78, 5) is 13.2. The Morgan fingerprint density at radius 3 is 2.82 bits per heavy atom. The van der Waals surface area contributed by atoms with Crippen molar-refractivity contribution < 1.29 is 4.79 Å². The summed E-state index contributed by atoms with van der Waals surface area (Å²) in [7, 11) is 1.81. The van der Waals surface area contributed by atoms with Crippen LogP contribution < -0.4 is 16.0 Å². The number of carbonyl (C=O) groups is 1. The Bertz CT molecular complexity index is 448. The summed E-state index contributed by atoms with van der Waals surface area (Å²) in [5.74, 6) is 0.149. The number of likely N-dealkylation sites (N-methyl/N-ethyl adjacent to an activating group) is 1. The molecule has 0 fully saturated rings. The molecule has 1 heterocycles. The Morgan fingerprint density at radius 1 is 1.47 bits per heavy atom. The zero-order chi connectivity index (χ0) is 12.6. The minimum Gasteiger partial charge on any atom is -0.383 e. The zero-order valence-electron chi connectivity index (χ0n) is 10.6. The Balaban J connectivity index is 2.14. The number of nitrogens with zero attached hydrogens (tertiary/aromatic N) is 1. The number of amides is 1. The van der Waals surface area contributed by atoms with Crippen LogP contribution >= 0.6 is 0 Å². The quantitative estimate of drug-likeness (QED) is 0.828. The van der Waals surface area contributed by atoms with E-state index in [0.29, 0.717) is 13.0 Å². The number of anilines is 2. The maximum atomic E-state index is 11.5. The maximum absolute atomic E-state index is 11.5. The van der Waals surface area contributed by atoms with Crippen molar-refractivity contribution in [2.24, 2.45) is 5.73 Å². The van der Waals surface area contributed by atoms with Crippen molar-refractivity contribution in [1.82, 2.24) is 0 Å². The van der Waals surface area contributed by atoms with Crippen molar-refractivity contribution in [3.8, 4) is 0 Å². The van der Waals surface area contributed by atoms with Crippen molar-refractivity contribution in [2.45, 2.75) is 25.8 Å². The monoisotopic (exact) mass is 233 g/mol. The first-order valence-electron chi connectivity index (χ1n) is 5.79. The van der Waals surface area contributed by atoms with Crippen molar-refractivity contribution in [2.75, 3.05) is 23.8 Å². The van der Waals surface area contributed by atoms with Crippen LogP contribution in [0.5, 0.6) is 0 Å². The van der Waals surface area contributed by atoms with Crippen LogP contribution in [-0.4, -0.2) is 25.0 Å². The topological polar surface area (TPSA) is 58.4 Å². The molecule has 92 valence electrons. The normalized spacial score (nSPS) is 15.1. The van der Waals surface area contributed by atoms with Gasteiger partial charge in [-0.25, -0.2) is 0 Å². The second-order valence-electron chi connectivity index (χ2n) is 5.32. The van der Waals surface area contributed by atoms with E-state index in [1.54, 1.807) is 4.90 Å². The van der Waals surface area contributed by atoms with Crippen LogP contribution in [0.2, 0.25) is 0 Å². The molecule has 3 N–H and O–H groups in total. The molecule has 2 rings (SSSR count). The van der Waals surface area contributed by atoms with Gasteiger partial charge in [-0.3, -0.25) is 4.79 Å². The van der Waals surface area contributed by atoms with Gasteiger partial charge in [-0.1, -0.05) is 0 Å². The zero-order valence-corrected chi connectivity index (χ0v) is 10.6. The summed E-state index contributed by atoms with van der Waals surface area (Å²) in [5.41, 5.74) is 8.78. The molecule has 4 heteroatoms. The van der Waals surface area contributed by atoms with E-state index in [1.165, 1.54) is 0 Å². The molecule has 0 atom stereocenters. The summed E-state index contributed by atoms with van der Waals surface area (Å²) in [6.07, 6.45) is 0.493. The van der Waals surface area contributed by atoms with Crippen LogP contribution in [0.4, 0.5) is 11.4 Å². The highest BCUT2D eigenvalue weighted by Gasteiger charge is 2.23. The Morgan fingerprint density at radius 2 is 2.18 bits per heavy atom. The van der Waals surface area contributed by atoms with Gasteiger partial charge in [-0.2, -0.15) is 0 Å². The molecule has 0 aliphatic carbocycles. The minimum atomic E-state index is -0.244. The third-order valence-electron chi connectivity index (χ3n) is 2.90. The Labute approximate surface area is 102 Å². The maximum Gasteiger partial charge on any atom is 0.231 e. The first-order valence-corrected chi connectivity index (χ1v) is 5.79. The Kier molecular flexibility index (Phi) is 2.83. The van der Waals surface area contributed by atoms with Gasteiger partial charge in [0, 0.05) is 30.5 Å². The van der Waals surface area contributed by atoms with E-state index in [0.717, 1.165) is 16.9 Å². The fourth-order valence-electron chi connectivity index (χ4n) is 1.91. The van der Waals surface area contributed by atoms with E-state index < -0.39 is 0 Å². The number of fused-ring (bicyclic) bond motifs is 1. The van der Waals surface area contributed by atoms with Crippen LogP contribution in [-0.2, 0) is 11.2 Å². The molecule has 0 unspecified atom stereocenters. The number of carbonyl (C=O) groups excluding carboxylic acids is 1. The van der Waals surface area contributed by atoms with E-state index in [9.17, 15) is 4.79 Å². The van der Waals surface area contributed by atoms with Crippen molar-refractivity contribution in [3.63, 3.8) is 0 Å². The van der Waals surface area contributed by atoms with Crippen molar-refractivity contribution in [3.05, 3.63) is 23.8 Å². The summed E-state index contributed by atoms with van der Waals surface area (Å²) in [6.45, 7) is 4.66. The molecule has 4 nitrogen and oxygen atoms in total. The molecule has 1 aliphatic rings. The van der Waals surface area contributed by atoms with Gasteiger partial charge < -0.3 is 16.0 Å². The van der Waals surface area contributed by atoms with Gasteiger partial charge in [0.15, 0.2) is 0 Å². The lowest BCUT2D eigenvalue weighted by Crippen LogP contribution is -2.39. The smallest absolute Gasteiger partial charge is 0.231 e. The molecule has 1 aromatic carbocycles. The average Bonchev–Trinajstić information content (AvgIpc) is 2.51. The highest BCUT2D eigenvalue weighted by molar-refractivity contribution is 6.01. The molecule has 0 radical (unpaired) electrons. The molecule has 0 spiro atoms. The molecule has 0 aromatic heterocycles. The highest BCUT2D eigenvalue weighted by atomic mass is 16.2. The van der Waals surface area contributed by atoms with Gasteiger partial charge >= 0.3 is 0 Å². The van der Waals surface area contributed by atoms with Crippen LogP contribution in [0.3, 0.4) is 0 Å². The molecule has 1 aliphatic heterocycles. The second-order valence-corrected chi connectivity index (χ2v) is 5.32. The predicted molar refractivity (Wildman–Crippen MR) is 70.3 cm³/mol. The number of nitrogens with two attached hydrogens (primary N) is 1. The summed E-state index contributed by atoms with van der Waals surface area (Å²) >= 11 is 0. The average molecular weight is 233 g/mol. The SMILES string of the molecule is CN1C(=O)Cc2cc(NCC(C)(C)N)ccc21. The molecule has 0 bridgehead atoms. The molecule has 0 saturated carbocycles. The number of hydrogen-bond acceptors (Lipinski definition) is 3. The molecule has 1 amide bonds. The van der Waals surface area contributed by atoms with Crippen LogP contribution in [0, 0.1) is 0 Å². The predicted octanol–water partition coefficient (Wildman–Crippen LogP) is 1.35. The third kappa shape index (κ3) is 2.58. The number of benzene rings is 1. The van der Waals surface area contributed by atoms with Gasteiger partial charge in [0.05, 0.1) is 6.42 Å². The number of rotatable bonds is 3. The molecule has 1 aromatic rings. The van der Waals surface area contributed by atoms with E-state index in [4.69, 9.17) is 5.73 Å². The van der Waals surface area contributed by atoms with Crippen LogP contribution in [0.25, 0.3) is 0 Å². The van der Waals surface area contributed by atoms with E-state index in [2.05, 4.69) is 5.32 Å². The lowest BCUT2D eigenvalue weighted by atomic mass is 10.1. The standard InChI is InChI=1S/C13H19N3O/c1-13(2,14)8-15-10-4-5-11-9(6-10)7-12(17)16(11)3/h4-6,15H,7-8,14H2,1-3H3. The fraction of sp³-hybridized carbons (Fsp3) is 0.462. The largest absolute Gasteiger partial charge is 0.383 e. The van der Waals surface area contributed by atoms with Gasteiger partial charge in [0.1, 0.15) is 0 Å².